The first kappa shape index (κ1) is 11.3. The van der Waals surface area contributed by atoms with Crippen molar-refractivity contribution in [3.05, 3.63) is 29.8 Å². The van der Waals surface area contributed by atoms with E-state index >= 15 is 0 Å². The summed E-state index contributed by atoms with van der Waals surface area (Å²) in [5.41, 5.74) is 0.581. The molecule has 2 nitrogen and oxygen atoms in total. The average Bonchev–Trinajstić information content (AvgIpc) is 2.27. The molecular formula is C11H14O2S. The van der Waals surface area contributed by atoms with E-state index in [-0.39, 0.29) is 5.78 Å². The van der Waals surface area contributed by atoms with Gasteiger partial charge in [0.05, 0.1) is 0 Å². The van der Waals surface area contributed by atoms with Crippen LogP contribution < -0.4 is 0 Å². The van der Waals surface area contributed by atoms with Gasteiger partial charge in [0.15, 0.2) is 5.78 Å². The molecule has 1 atom stereocenters. The molecule has 0 bridgehead atoms. The van der Waals surface area contributed by atoms with Gasteiger partial charge in [0, 0.05) is 10.5 Å². The van der Waals surface area contributed by atoms with Crippen LogP contribution in [-0.2, 0) is 0 Å². The van der Waals surface area contributed by atoms with Gasteiger partial charge >= 0.3 is 0 Å². The molecule has 1 N–H and O–H groups in total. The molecule has 0 saturated heterocycles. The van der Waals surface area contributed by atoms with Gasteiger partial charge in [-0.05, 0) is 24.8 Å². The predicted octanol–water partition coefficient (Wildman–Crippen LogP) is 2.36. The molecular weight excluding hydrogens is 196 g/mol. The minimum Gasteiger partial charge on any atom is -0.385 e. The summed E-state index contributed by atoms with van der Waals surface area (Å²) in [6, 6.07) is 7.29. The van der Waals surface area contributed by atoms with Crippen LogP contribution in [0.15, 0.2) is 29.2 Å². The van der Waals surface area contributed by atoms with Crippen LogP contribution in [0.4, 0.5) is 0 Å². The molecule has 0 aliphatic rings. The zero-order chi connectivity index (χ0) is 10.6. The van der Waals surface area contributed by atoms with Crippen molar-refractivity contribution in [1.82, 2.24) is 0 Å². The number of carbonyl (C=O) groups is 1. The lowest BCUT2D eigenvalue weighted by Crippen LogP contribution is -2.18. The van der Waals surface area contributed by atoms with E-state index in [1.54, 1.807) is 30.8 Å². The molecule has 0 fully saturated rings. The third-order valence-electron chi connectivity index (χ3n) is 2.06. The van der Waals surface area contributed by atoms with Gasteiger partial charge in [-0.3, -0.25) is 4.79 Å². The van der Waals surface area contributed by atoms with Crippen molar-refractivity contribution >= 4 is 17.5 Å². The normalized spacial score (nSPS) is 12.5. The van der Waals surface area contributed by atoms with Crippen molar-refractivity contribution in [2.75, 3.05) is 6.26 Å². The lowest BCUT2D eigenvalue weighted by molar-refractivity contribution is 0.0740. The van der Waals surface area contributed by atoms with Crippen molar-refractivity contribution in [2.24, 2.45) is 0 Å². The fourth-order valence-electron chi connectivity index (χ4n) is 1.13. The van der Waals surface area contributed by atoms with Gasteiger partial charge in [-0.2, -0.15) is 0 Å². The fraction of sp³-hybridized carbons (Fsp3) is 0.364. The first-order chi connectivity index (χ1) is 6.69. The zero-order valence-corrected chi connectivity index (χ0v) is 9.17. The number of hydrogen-bond donors (Lipinski definition) is 1. The molecule has 0 radical (unpaired) electrons. The highest BCUT2D eigenvalue weighted by atomic mass is 32.2. The predicted molar refractivity (Wildman–Crippen MR) is 58.9 cm³/mol. The van der Waals surface area contributed by atoms with Gasteiger partial charge < -0.3 is 5.11 Å². The summed E-state index contributed by atoms with van der Waals surface area (Å²) in [4.78, 5) is 12.6. The standard InChI is InChI=1S/C11H14O2S/c1-3-10(12)11(13)8-4-6-9(14-2)7-5-8/h4-7,10,12H,3H2,1-2H3. The molecule has 1 rings (SSSR count). The minimum absolute atomic E-state index is 0.194. The van der Waals surface area contributed by atoms with Crippen molar-refractivity contribution < 1.29 is 9.90 Å². The Morgan fingerprint density at radius 3 is 2.43 bits per heavy atom. The van der Waals surface area contributed by atoms with E-state index in [1.807, 2.05) is 18.4 Å². The van der Waals surface area contributed by atoms with Crippen molar-refractivity contribution in [1.29, 1.82) is 0 Å². The second kappa shape index (κ2) is 5.17. The van der Waals surface area contributed by atoms with E-state index < -0.39 is 6.10 Å². The average molecular weight is 210 g/mol. The van der Waals surface area contributed by atoms with Gasteiger partial charge in [0.2, 0.25) is 0 Å². The largest absolute Gasteiger partial charge is 0.385 e. The third-order valence-corrected chi connectivity index (χ3v) is 2.81. The van der Waals surface area contributed by atoms with Crippen molar-refractivity contribution in [3.63, 3.8) is 0 Å². The Morgan fingerprint density at radius 2 is 2.00 bits per heavy atom. The van der Waals surface area contributed by atoms with Crippen LogP contribution in [0.25, 0.3) is 0 Å². The lowest BCUT2D eigenvalue weighted by Gasteiger charge is -2.06. The molecule has 0 aliphatic carbocycles. The Balaban J connectivity index is 2.81. The number of carbonyl (C=O) groups excluding carboxylic acids is 1. The monoisotopic (exact) mass is 210 g/mol. The van der Waals surface area contributed by atoms with E-state index in [9.17, 15) is 9.90 Å². The van der Waals surface area contributed by atoms with E-state index in [1.165, 1.54) is 0 Å². The number of benzene rings is 1. The second-order valence-electron chi connectivity index (χ2n) is 3.02. The third kappa shape index (κ3) is 2.59. The summed E-state index contributed by atoms with van der Waals surface area (Å²) in [5.74, 6) is -0.194. The van der Waals surface area contributed by atoms with Crippen LogP contribution in [0.3, 0.4) is 0 Å². The zero-order valence-electron chi connectivity index (χ0n) is 8.36. The first-order valence-electron chi connectivity index (χ1n) is 4.55. The topological polar surface area (TPSA) is 37.3 Å². The first-order valence-corrected chi connectivity index (χ1v) is 5.77. The molecule has 0 amide bonds. The Morgan fingerprint density at radius 1 is 1.43 bits per heavy atom. The smallest absolute Gasteiger partial charge is 0.191 e. The van der Waals surface area contributed by atoms with Gasteiger partial charge in [-0.1, -0.05) is 19.1 Å². The van der Waals surface area contributed by atoms with Gasteiger partial charge in [0.25, 0.3) is 0 Å². The second-order valence-corrected chi connectivity index (χ2v) is 3.90. The molecule has 1 aromatic rings. The number of aliphatic hydroxyl groups excluding tert-OH is 1. The maximum Gasteiger partial charge on any atom is 0.191 e. The van der Waals surface area contributed by atoms with Gasteiger partial charge in [-0.25, -0.2) is 0 Å². The number of Topliss-reactive ketones (excluding diaryl/α,β-unsaturated/α-hetero) is 1. The quantitative estimate of drug-likeness (QED) is 0.612. The SMILES string of the molecule is CCC(O)C(=O)c1ccc(SC)cc1. The van der Waals surface area contributed by atoms with Gasteiger partial charge in [0.1, 0.15) is 6.10 Å². The number of rotatable bonds is 4. The van der Waals surface area contributed by atoms with Crippen LogP contribution >= 0.6 is 11.8 Å². The maximum atomic E-state index is 11.5. The number of ketones is 1. The van der Waals surface area contributed by atoms with Crippen LogP contribution in [0.1, 0.15) is 23.7 Å². The summed E-state index contributed by atoms with van der Waals surface area (Å²) < 4.78 is 0. The van der Waals surface area contributed by atoms with E-state index in [2.05, 4.69) is 0 Å². The summed E-state index contributed by atoms with van der Waals surface area (Å²) >= 11 is 1.63. The molecule has 0 heterocycles. The van der Waals surface area contributed by atoms with E-state index in [4.69, 9.17) is 0 Å². The van der Waals surface area contributed by atoms with E-state index in [0.29, 0.717) is 12.0 Å². The number of hydrogen-bond acceptors (Lipinski definition) is 3. The maximum absolute atomic E-state index is 11.5. The summed E-state index contributed by atoms with van der Waals surface area (Å²) in [6.07, 6.45) is 1.58. The molecule has 1 aromatic carbocycles. The molecule has 0 spiro atoms. The fourth-order valence-corrected chi connectivity index (χ4v) is 1.54. The van der Waals surface area contributed by atoms with Crippen molar-refractivity contribution in [3.8, 4) is 0 Å². The molecule has 0 aliphatic heterocycles. The molecule has 0 saturated carbocycles. The van der Waals surface area contributed by atoms with E-state index in [0.717, 1.165) is 4.90 Å². The number of thioether (sulfide) groups is 1. The minimum atomic E-state index is -0.866. The number of aliphatic hydroxyl groups is 1. The Bertz CT molecular complexity index is 306. The Labute approximate surface area is 88.3 Å². The highest BCUT2D eigenvalue weighted by molar-refractivity contribution is 7.98. The molecule has 3 heteroatoms. The van der Waals surface area contributed by atoms with Crippen LogP contribution in [0, 0.1) is 0 Å². The summed E-state index contributed by atoms with van der Waals surface area (Å²) in [7, 11) is 0. The lowest BCUT2D eigenvalue weighted by atomic mass is 10.1. The van der Waals surface area contributed by atoms with Crippen LogP contribution in [0.2, 0.25) is 0 Å². The molecule has 0 aromatic heterocycles. The van der Waals surface area contributed by atoms with Gasteiger partial charge in [-0.15, -0.1) is 11.8 Å². The molecule has 76 valence electrons. The molecule has 14 heavy (non-hydrogen) atoms. The highest BCUT2D eigenvalue weighted by Gasteiger charge is 2.14. The molecule has 1 unspecified atom stereocenters. The Kier molecular flexibility index (Phi) is 4.17. The summed E-state index contributed by atoms with van der Waals surface area (Å²) in [5, 5.41) is 9.35. The summed E-state index contributed by atoms with van der Waals surface area (Å²) in [6.45, 7) is 1.79. The van der Waals surface area contributed by atoms with Crippen LogP contribution in [0.5, 0.6) is 0 Å². The van der Waals surface area contributed by atoms with Crippen molar-refractivity contribution in [2.45, 2.75) is 24.3 Å². The van der Waals surface area contributed by atoms with Crippen LogP contribution in [-0.4, -0.2) is 23.2 Å². The Hall–Kier alpha value is -0.800. The highest BCUT2D eigenvalue weighted by Crippen LogP contribution is 2.16.